The summed E-state index contributed by atoms with van der Waals surface area (Å²) in [6.07, 6.45) is 1.64. The van der Waals surface area contributed by atoms with Gasteiger partial charge in [-0.3, -0.25) is 9.59 Å². The van der Waals surface area contributed by atoms with Gasteiger partial charge in [-0.1, -0.05) is 48.7 Å². The highest BCUT2D eigenvalue weighted by molar-refractivity contribution is 6.46. The van der Waals surface area contributed by atoms with Crippen molar-refractivity contribution in [3.8, 4) is 0 Å². The molecular weight excluding hydrogens is 385 g/mol. The summed E-state index contributed by atoms with van der Waals surface area (Å²) in [4.78, 5) is 26.9. The van der Waals surface area contributed by atoms with E-state index in [0.717, 1.165) is 18.4 Å². The van der Waals surface area contributed by atoms with E-state index in [4.69, 9.17) is 23.2 Å². The molecule has 0 aliphatic carbocycles. The molecule has 0 spiro atoms. The first-order valence-electron chi connectivity index (χ1n) is 8.74. The number of Topliss-reactive ketones (excluding diaryl/α,β-unsaturated/α-hetero) is 1. The summed E-state index contributed by atoms with van der Waals surface area (Å²) < 4.78 is 0. The van der Waals surface area contributed by atoms with Crippen LogP contribution in [0.5, 0.6) is 0 Å². The molecule has 1 heterocycles. The number of likely N-dealkylation sites (tertiary alicyclic amines) is 1. The minimum atomic E-state index is -0.682. The van der Waals surface area contributed by atoms with Crippen LogP contribution in [-0.2, 0) is 9.59 Å². The Morgan fingerprint density at radius 1 is 1.00 bits per heavy atom. The fourth-order valence-electron chi connectivity index (χ4n) is 3.19. The molecule has 1 fully saturated rings. The van der Waals surface area contributed by atoms with Crippen molar-refractivity contribution in [2.24, 2.45) is 0 Å². The van der Waals surface area contributed by atoms with Crippen molar-refractivity contribution in [2.45, 2.75) is 25.8 Å². The highest BCUT2D eigenvalue weighted by Crippen LogP contribution is 2.39. The zero-order chi connectivity index (χ0) is 19.6. The maximum absolute atomic E-state index is 12.8. The molecule has 140 valence electrons. The standard InChI is InChI=1S/C21H19Cl2NO3/c1-2-3-12-24-18(13-4-8-15(22)9-5-13)17(20(26)21(24)27)19(25)14-6-10-16(23)11-7-14/h4-11,18,25H,2-3,12H2,1H3/b19-17-. The number of benzene rings is 2. The molecule has 0 radical (unpaired) electrons. The number of hydrogen-bond acceptors (Lipinski definition) is 3. The van der Waals surface area contributed by atoms with E-state index in [9.17, 15) is 14.7 Å². The summed E-state index contributed by atoms with van der Waals surface area (Å²) >= 11 is 11.9. The van der Waals surface area contributed by atoms with Crippen LogP contribution in [0.4, 0.5) is 0 Å². The van der Waals surface area contributed by atoms with Gasteiger partial charge in [0.2, 0.25) is 0 Å². The Morgan fingerprint density at radius 3 is 2.11 bits per heavy atom. The number of halogens is 2. The lowest BCUT2D eigenvalue weighted by Crippen LogP contribution is -2.30. The number of amides is 1. The van der Waals surface area contributed by atoms with Gasteiger partial charge in [-0.05, 0) is 48.4 Å². The Morgan fingerprint density at radius 2 is 1.56 bits per heavy atom. The molecule has 2 aromatic carbocycles. The molecule has 4 nitrogen and oxygen atoms in total. The fourth-order valence-corrected chi connectivity index (χ4v) is 3.45. The second-order valence-corrected chi connectivity index (χ2v) is 7.28. The summed E-state index contributed by atoms with van der Waals surface area (Å²) in [6, 6.07) is 12.8. The van der Waals surface area contributed by atoms with Crippen molar-refractivity contribution in [1.29, 1.82) is 0 Å². The van der Waals surface area contributed by atoms with E-state index in [-0.39, 0.29) is 11.3 Å². The minimum Gasteiger partial charge on any atom is -0.507 e. The van der Waals surface area contributed by atoms with Crippen molar-refractivity contribution in [3.05, 3.63) is 75.3 Å². The Kier molecular flexibility index (Phi) is 5.88. The summed E-state index contributed by atoms with van der Waals surface area (Å²) in [5.41, 5.74) is 1.25. The number of carbonyl (C=O) groups excluding carboxylic acids is 2. The first kappa shape index (κ1) is 19.5. The number of aliphatic hydroxyl groups excluding tert-OH is 1. The number of ketones is 1. The molecule has 0 saturated carbocycles. The Balaban J connectivity index is 2.14. The number of carbonyl (C=O) groups is 2. The van der Waals surface area contributed by atoms with Crippen LogP contribution in [0.2, 0.25) is 10.0 Å². The quantitative estimate of drug-likeness (QED) is 0.423. The van der Waals surface area contributed by atoms with Gasteiger partial charge < -0.3 is 10.0 Å². The maximum Gasteiger partial charge on any atom is 0.295 e. The number of rotatable bonds is 5. The van der Waals surface area contributed by atoms with Gasteiger partial charge in [-0.25, -0.2) is 0 Å². The predicted molar refractivity (Wildman–Crippen MR) is 107 cm³/mol. The highest BCUT2D eigenvalue weighted by Gasteiger charge is 2.45. The Hall–Kier alpha value is -2.30. The molecule has 0 aromatic heterocycles. The molecule has 27 heavy (non-hydrogen) atoms. The van der Waals surface area contributed by atoms with E-state index in [1.165, 1.54) is 4.90 Å². The third-order valence-corrected chi connectivity index (χ3v) is 5.10. The van der Waals surface area contributed by atoms with Gasteiger partial charge in [0, 0.05) is 22.2 Å². The molecule has 1 amide bonds. The van der Waals surface area contributed by atoms with Crippen LogP contribution in [0.3, 0.4) is 0 Å². The van der Waals surface area contributed by atoms with Crippen LogP contribution < -0.4 is 0 Å². The van der Waals surface area contributed by atoms with Gasteiger partial charge in [-0.2, -0.15) is 0 Å². The van der Waals surface area contributed by atoms with Crippen molar-refractivity contribution in [3.63, 3.8) is 0 Å². The average molecular weight is 404 g/mol. The van der Waals surface area contributed by atoms with E-state index in [2.05, 4.69) is 0 Å². The van der Waals surface area contributed by atoms with E-state index in [0.29, 0.717) is 22.2 Å². The number of nitrogens with zero attached hydrogens (tertiary/aromatic N) is 1. The molecule has 6 heteroatoms. The largest absolute Gasteiger partial charge is 0.507 e. The topological polar surface area (TPSA) is 57.6 Å². The summed E-state index contributed by atoms with van der Waals surface area (Å²) in [5, 5.41) is 11.9. The molecule has 1 N–H and O–H groups in total. The Bertz CT molecular complexity index is 889. The van der Waals surface area contributed by atoms with Crippen molar-refractivity contribution in [2.75, 3.05) is 6.54 Å². The molecule has 1 atom stereocenters. The van der Waals surface area contributed by atoms with Gasteiger partial charge >= 0.3 is 0 Å². The van der Waals surface area contributed by atoms with Crippen LogP contribution in [0.1, 0.15) is 36.9 Å². The lowest BCUT2D eigenvalue weighted by Gasteiger charge is -2.25. The fraction of sp³-hybridized carbons (Fsp3) is 0.238. The highest BCUT2D eigenvalue weighted by atomic mass is 35.5. The van der Waals surface area contributed by atoms with E-state index < -0.39 is 17.7 Å². The second kappa shape index (κ2) is 8.15. The van der Waals surface area contributed by atoms with Gasteiger partial charge in [0.25, 0.3) is 11.7 Å². The summed E-state index contributed by atoms with van der Waals surface area (Å²) in [7, 11) is 0. The average Bonchev–Trinajstić information content (AvgIpc) is 2.91. The van der Waals surface area contributed by atoms with Crippen molar-refractivity contribution in [1.82, 2.24) is 4.90 Å². The smallest absolute Gasteiger partial charge is 0.295 e. The zero-order valence-corrected chi connectivity index (χ0v) is 16.3. The number of aliphatic hydroxyl groups is 1. The van der Waals surface area contributed by atoms with Crippen molar-refractivity contribution >= 4 is 40.7 Å². The third-order valence-electron chi connectivity index (χ3n) is 4.60. The van der Waals surface area contributed by atoms with E-state index >= 15 is 0 Å². The van der Waals surface area contributed by atoms with Crippen LogP contribution in [-0.4, -0.2) is 28.2 Å². The lowest BCUT2D eigenvalue weighted by atomic mass is 9.95. The minimum absolute atomic E-state index is 0.0840. The van der Waals surface area contributed by atoms with Gasteiger partial charge in [0.05, 0.1) is 11.6 Å². The molecule has 1 saturated heterocycles. The zero-order valence-electron chi connectivity index (χ0n) is 14.8. The maximum atomic E-state index is 12.8. The molecule has 3 rings (SSSR count). The monoisotopic (exact) mass is 403 g/mol. The van der Waals surface area contributed by atoms with Crippen LogP contribution >= 0.6 is 23.2 Å². The van der Waals surface area contributed by atoms with Gasteiger partial charge in [0.1, 0.15) is 5.76 Å². The molecule has 1 aliphatic heterocycles. The first-order chi connectivity index (χ1) is 12.9. The summed E-state index contributed by atoms with van der Waals surface area (Å²) in [5.74, 6) is -1.48. The molecule has 2 aromatic rings. The second-order valence-electron chi connectivity index (χ2n) is 6.40. The van der Waals surface area contributed by atoms with Crippen LogP contribution in [0.25, 0.3) is 5.76 Å². The normalized spacial score (nSPS) is 18.9. The van der Waals surface area contributed by atoms with Gasteiger partial charge in [-0.15, -0.1) is 0 Å². The molecule has 1 unspecified atom stereocenters. The van der Waals surface area contributed by atoms with Gasteiger partial charge in [0.15, 0.2) is 0 Å². The molecular formula is C21H19Cl2NO3. The van der Waals surface area contributed by atoms with Crippen molar-refractivity contribution < 1.29 is 14.7 Å². The first-order valence-corrected chi connectivity index (χ1v) is 9.49. The summed E-state index contributed by atoms with van der Waals surface area (Å²) in [6.45, 7) is 2.45. The number of unbranched alkanes of at least 4 members (excludes halogenated alkanes) is 1. The lowest BCUT2D eigenvalue weighted by molar-refractivity contribution is -0.139. The predicted octanol–water partition coefficient (Wildman–Crippen LogP) is 5.22. The van der Waals surface area contributed by atoms with Crippen LogP contribution in [0, 0.1) is 0 Å². The molecule has 0 bridgehead atoms. The van der Waals surface area contributed by atoms with Crippen LogP contribution in [0.15, 0.2) is 54.1 Å². The number of hydrogen-bond donors (Lipinski definition) is 1. The SMILES string of the molecule is CCCCN1C(=O)C(=O)/C(=C(\O)c2ccc(Cl)cc2)C1c1ccc(Cl)cc1. The van der Waals surface area contributed by atoms with E-state index in [1.807, 2.05) is 6.92 Å². The molecule has 1 aliphatic rings. The van der Waals surface area contributed by atoms with E-state index in [1.54, 1.807) is 48.5 Å². The Labute approximate surface area is 168 Å². The third kappa shape index (κ3) is 3.87.